The lowest BCUT2D eigenvalue weighted by molar-refractivity contribution is -0.167. The van der Waals surface area contributed by atoms with Crippen LogP contribution in [0, 0.1) is 52.3 Å². The van der Waals surface area contributed by atoms with Crippen LogP contribution in [0.3, 0.4) is 0 Å². The Bertz CT molecular complexity index is 1020. The van der Waals surface area contributed by atoms with E-state index in [2.05, 4.69) is 47.4 Å². The van der Waals surface area contributed by atoms with Crippen molar-refractivity contribution in [1.82, 2.24) is 26.6 Å². The van der Waals surface area contributed by atoms with Crippen LogP contribution in [0.25, 0.3) is 0 Å². The van der Waals surface area contributed by atoms with Crippen LogP contribution in [0.4, 0.5) is 0 Å². The summed E-state index contributed by atoms with van der Waals surface area (Å²) in [5.74, 6) is 2.70. The SMILES string of the molecule is COC(=O)[C@@H](NC(=O)CC[C@@H](C)[C@H]1CCC2C3C(CC[C@@]21C)[C@@]1(C)CC[C@H](NCCNCCNCCNCCN)C[C@H]1C[C@H]3O)C(C)C. The van der Waals surface area contributed by atoms with E-state index in [1.165, 1.54) is 52.1 Å². The second-order valence-electron chi connectivity index (χ2n) is 16.8. The highest BCUT2D eigenvalue weighted by Gasteiger charge is 2.62. The lowest BCUT2D eigenvalue weighted by atomic mass is 9.43. The number of ether oxygens (including phenoxy) is 1. The number of nitrogens with two attached hydrogens (primary N) is 1. The molecule has 4 fully saturated rings. The summed E-state index contributed by atoms with van der Waals surface area (Å²) >= 11 is 0. The van der Waals surface area contributed by atoms with E-state index in [0.29, 0.717) is 59.9 Å². The smallest absolute Gasteiger partial charge is 0.328 e. The number of amides is 1. The Morgan fingerprint density at radius 2 is 1.48 bits per heavy atom. The summed E-state index contributed by atoms with van der Waals surface area (Å²) in [5, 5.41) is 28.9. The number of carbonyl (C=O) groups excluding carboxylic acids is 2. The molecule has 0 aliphatic heterocycles. The molecule has 48 heavy (non-hydrogen) atoms. The molecule has 3 unspecified atom stereocenters. The van der Waals surface area contributed by atoms with Gasteiger partial charge in [-0.2, -0.15) is 0 Å². The van der Waals surface area contributed by atoms with Crippen molar-refractivity contribution in [2.45, 2.75) is 117 Å². The van der Waals surface area contributed by atoms with E-state index in [-0.39, 0.29) is 29.3 Å². The summed E-state index contributed by atoms with van der Waals surface area (Å²) in [6.45, 7) is 18.7. The van der Waals surface area contributed by atoms with Gasteiger partial charge in [0, 0.05) is 64.8 Å². The van der Waals surface area contributed by atoms with Crippen LogP contribution < -0.4 is 32.3 Å². The minimum absolute atomic E-state index is 0.0151. The fraction of sp³-hybridized carbons (Fsp3) is 0.947. The van der Waals surface area contributed by atoms with Crippen LogP contribution in [0.2, 0.25) is 0 Å². The first-order chi connectivity index (χ1) is 23.0. The molecule has 10 nitrogen and oxygen atoms in total. The van der Waals surface area contributed by atoms with Gasteiger partial charge in [0.25, 0.3) is 0 Å². The molecule has 0 bridgehead atoms. The van der Waals surface area contributed by atoms with Crippen molar-refractivity contribution in [3.05, 3.63) is 0 Å². The minimum atomic E-state index is -0.597. The number of hydrogen-bond donors (Lipinski definition) is 7. The van der Waals surface area contributed by atoms with Gasteiger partial charge in [0.2, 0.25) is 5.91 Å². The zero-order valence-electron chi connectivity index (χ0n) is 31.3. The van der Waals surface area contributed by atoms with E-state index in [0.717, 1.165) is 58.7 Å². The van der Waals surface area contributed by atoms with Crippen LogP contribution in [0.5, 0.6) is 0 Å². The monoisotopic (exact) mass is 677 g/mol. The van der Waals surface area contributed by atoms with Crippen LogP contribution in [-0.2, 0) is 14.3 Å². The summed E-state index contributed by atoms with van der Waals surface area (Å²) in [5.41, 5.74) is 6.04. The number of esters is 1. The first-order valence-electron chi connectivity index (χ1n) is 19.6. The quantitative estimate of drug-likeness (QED) is 0.0810. The number of fused-ring (bicyclic) bond motifs is 5. The average molecular weight is 677 g/mol. The van der Waals surface area contributed by atoms with E-state index in [1.54, 1.807) is 0 Å². The van der Waals surface area contributed by atoms with Gasteiger partial charge in [-0.3, -0.25) is 4.79 Å². The Morgan fingerprint density at radius 3 is 2.12 bits per heavy atom. The molecular formula is C38H72N6O4. The van der Waals surface area contributed by atoms with Crippen LogP contribution in [0.15, 0.2) is 0 Å². The molecule has 0 aromatic heterocycles. The van der Waals surface area contributed by atoms with Crippen molar-refractivity contribution >= 4 is 11.9 Å². The predicted octanol–water partition coefficient (Wildman–Crippen LogP) is 3.03. The molecule has 0 spiro atoms. The highest BCUT2D eigenvalue weighted by Crippen LogP contribution is 2.68. The number of rotatable bonds is 19. The normalized spacial score (nSPS) is 35.7. The van der Waals surface area contributed by atoms with Gasteiger partial charge in [0.15, 0.2) is 0 Å². The van der Waals surface area contributed by atoms with Crippen molar-refractivity contribution < 1.29 is 19.4 Å². The van der Waals surface area contributed by atoms with Crippen molar-refractivity contribution in [2.75, 3.05) is 59.5 Å². The maximum absolute atomic E-state index is 12.9. The highest BCUT2D eigenvalue weighted by atomic mass is 16.5. The fourth-order valence-electron chi connectivity index (χ4n) is 11.0. The van der Waals surface area contributed by atoms with Gasteiger partial charge < -0.3 is 42.2 Å². The zero-order valence-corrected chi connectivity index (χ0v) is 31.3. The molecule has 0 heterocycles. The Labute approximate surface area is 292 Å². The number of aliphatic hydroxyl groups is 1. The summed E-state index contributed by atoms with van der Waals surface area (Å²) in [6, 6.07) is -0.0494. The van der Waals surface area contributed by atoms with Crippen molar-refractivity contribution in [3.8, 4) is 0 Å². The van der Waals surface area contributed by atoms with Crippen LogP contribution in [0.1, 0.15) is 98.8 Å². The molecule has 0 aromatic carbocycles. The maximum Gasteiger partial charge on any atom is 0.328 e. The standard InChI is InChI=1S/C38H72N6O4/c1-25(2)35(36(47)48-6)44-33(46)10-7-26(3)29-8-9-30-34-31(12-14-38(29,30)5)37(4)13-11-28(23-27(37)24-32(34)45)43-22-21-42-20-19-41-18-17-40-16-15-39/h25-32,34-35,40-43,45H,7-24,39H2,1-6H3,(H,44,46)/t26-,27+,28+,29-,30?,31?,32-,34?,35+,37+,38-/m1/s1. The molecular weight excluding hydrogens is 604 g/mol. The molecule has 0 saturated heterocycles. The van der Waals surface area contributed by atoms with Gasteiger partial charge >= 0.3 is 5.97 Å². The molecule has 10 heteroatoms. The van der Waals surface area contributed by atoms with E-state index in [4.69, 9.17) is 10.5 Å². The average Bonchev–Trinajstić information content (AvgIpc) is 3.42. The topological polar surface area (TPSA) is 150 Å². The van der Waals surface area contributed by atoms with Crippen molar-refractivity contribution in [2.24, 2.45) is 58.0 Å². The van der Waals surface area contributed by atoms with Gasteiger partial charge in [0.1, 0.15) is 6.04 Å². The Hall–Kier alpha value is -1.30. The zero-order chi connectivity index (χ0) is 34.9. The van der Waals surface area contributed by atoms with Crippen molar-refractivity contribution in [1.29, 1.82) is 0 Å². The molecule has 11 atom stereocenters. The third-order valence-corrected chi connectivity index (χ3v) is 13.7. The number of hydrogen-bond acceptors (Lipinski definition) is 9. The van der Waals surface area contributed by atoms with E-state index in [1.807, 2.05) is 13.8 Å². The molecule has 4 rings (SSSR count). The molecule has 4 aliphatic rings. The Morgan fingerprint density at radius 1 is 0.854 bits per heavy atom. The Balaban J connectivity index is 1.23. The summed E-state index contributed by atoms with van der Waals surface area (Å²) < 4.78 is 4.91. The predicted molar refractivity (Wildman–Crippen MR) is 193 cm³/mol. The van der Waals surface area contributed by atoms with E-state index >= 15 is 0 Å². The molecule has 0 aromatic rings. The summed E-state index contributed by atoms with van der Waals surface area (Å²) in [6.07, 6.45) is 10.5. The van der Waals surface area contributed by atoms with Gasteiger partial charge in [-0.15, -0.1) is 0 Å². The largest absolute Gasteiger partial charge is 0.467 e. The molecule has 4 saturated carbocycles. The maximum atomic E-state index is 12.9. The Kier molecular flexibility index (Phi) is 15.0. The molecule has 0 radical (unpaired) electrons. The molecule has 4 aliphatic carbocycles. The minimum Gasteiger partial charge on any atom is -0.467 e. The third-order valence-electron chi connectivity index (χ3n) is 13.7. The van der Waals surface area contributed by atoms with Gasteiger partial charge in [-0.1, -0.05) is 34.6 Å². The van der Waals surface area contributed by atoms with E-state index in [9.17, 15) is 14.7 Å². The van der Waals surface area contributed by atoms with E-state index < -0.39 is 6.04 Å². The molecule has 8 N–H and O–H groups in total. The number of aliphatic hydroxyl groups excluding tert-OH is 1. The second kappa shape index (κ2) is 18.3. The van der Waals surface area contributed by atoms with Crippen LogP contribution in [-0.4, -0.2) is 94.6 Å². The molecule has 1 amide bonds. The number of carbonyl (C=O) groups is 2. The van der Waals surface area contributed by atoms with Gasteiger partial charge in [-0.25, -0.2) is 4.79 Å². The van der Waals surface area contributed by atoms with Crippen molar-refractivity contribution in [3.63, 3.8) is 0 Å². The molecule has 278 valence electrons. The van der Waals surface area contributed by atoms with Gasteiger partial charge in [-0.05, 0) is 110 Å². The fourth-order valence-corrected chi connectivity index (χ4v) is 11.0. The lowest BCUT2D eigenvalue weighted by Gasteiger charge is -2.62. The van der Waals surface area contributed by atoms with Gasteiger partial charge in [0.05, 0.1) is 13.2 Å². The summed E-state index contributed by atoms with van der Waals surface area (Å²) in [4.78, 5) is 25.0. The van der Waals surface area contributed by atoms with Crippen LogP contribution >= 0.6 is 0 Å². The number of methoxy groups -OCH3 is 1. The second-order valence-corrected chi connectivity index (χ2v) is 16.8. The summed E-state index contributed by atoms with van der Waals surface area (Å²) in [7, 11) is 1.37. The first-order valence-corrected chi connectivity index (χ1v) is 19.6. The number of nitrogens with one attached hydrogen (secondary N) is 5. The lowest BCUT2D eigenvalue weighted by Crippen LogP contribution is -2.59. The highest BCUT2D eigenvalue weighted by molar-refractivity contribution is 5.84. The first kappa shape index (κ1) is 39.5. The third kappa shape index (κ3) is 9.32.